The lowest BCUT2D eigenvalue weighted by Crippen LogP contribution is -2.30. The van der Waals surface area contributed by atoms with Gasteiger partial charge in [0.15, 0.2) is 0 Å². The topological polar surface area (TPSA) is 12.0 Å². The molecule has 0 spiro atoms. The van der Waals surface area contributed by atoms with E-state index < -0.39 is 0 Å². The SMILES string of the molecule is CNC(c1ccc(Br)s1)C1CC(C)CC(C)C1. The van der Waals surface area contributed by atoms with Crippen LogP contribution in [-0.2, 0) is 0 Å². The van der Waals surface area contributed by atoms with E-state index in [0.29, 0.717) is 6.04 Å². The minimum absolute atomic E-state index is 0.538. The fourth-order valence-corrected chi connectivity index (χ4v) is 5.01. The molecule has 1 aromatic rings. The van der Waals surface area contributed by atoms with E-state index in [1.54, 1.807) is 0 Å². The summed E-state index contributed by atoms with van der Waals surface area (Å²) in [6, 6.07) is 4.97. The van der Waals surface area contributed by atoms with Crippen molar-refractivity contribution in [1.29, 1.82) is 0 Å². The van der Waals surface area contributed by atoms with Crippen molar-refractivity contribution in [2.75, 3.05) is 7.05 Å². The second-order valence-electron chi connectivity index (χ2n) is 5.59. The fourth-order valence-electron chi connectivity index (χ4n) is 3.39. The zero-order valence-corrected chi connectivity index (χ0v) is 13.3. The van der Waals surface area contributed by atoms with Crippen molar-refractivity contribution >= 4 is 27.3 Å². The summed E-state index contributed by atoms with van der Waals surface area (Å²) in [6.07, 6.45) is 4.14. The van der Waals surface area contributed by atoms with Crippen molar-refractivity contribution < 1.29 is 0 Å². The van der Waals surface area contributed by atoms with Gasteiger partial charge in [0.1, 0.15) is 0 Å². The van der Waals surface area contributed by atoms with Gasteiger partial charge in [-0.05, 0) is 72.1 Å². The van der Waals surface area contributed by atoms with E-state index in [2.05, 4.69) is 54.3 Å². The van der Waals surface area contributed by atoms with Crippen molar-refractivity contribution in [3.63, 3.8) is 0 Å². The first-order valence-corrected chi connectivity index (χ1v) is 8.13. The summed E-state index contributed by atoms with van der Waals surface area (Å²) in [5, 5.41) is 3.53. The van der Waals surface area contributed by atoms with Crippen molar-refractivity contribution in [2.45, 2.75) is 39.2 Å². The second-order valence-corrected chi connectivity index (χ2v) is 8.08. The Kier molecular flexibility index (Phi) is 4.67. The minimum Gasteiger partial charge on any atom is -0.312 e. The molecule has 96 valence electrons. The van der Waals surface area contributed by atoms with Crippen molar-refractivity contribution in [3.05, 3.63) is 20.8 Å². The second kappa shape index (κ2) is 5.85. The monoisotopic (exact) mass is 315 g/mol. The first kappa shape index (κ1) is 13.6. The van der Waals surface area contributed by atoms with Crippen LogP contribution < -0.4 is 5.32 Å². The fraction of sp³-hybridized carbons (Fsp3) is 0.714. The third kappa shape index (κ3) is 3.33. The Morgan fingerprint density at radius 3 is 2.35 bits per heavy atom. The van der Waals surface area contributed by atoms with Crippen LogP contribution in [0.25, 0.3) is 0 Å². The number of thiophene rings is 1. The van der Waals surface area contributed by atoms with Gasteiger partial charge in [0.2, 0.25) is 0 Å². The summed E-state index contributed by atoms with van der Waals surface area (Å²) in [5.74, 6) is 2.55. The molecule has 2 rings (SSSR count). The molecule has 0 radical (unpaired) electrons. The Bertz CT molecular complexity index is 353. The van der Waals surface area contributed by atoms with Gasteiger partial charge in [0, 0.05) is 10.9 Å². The van der Waals surface area contributed by atoms with Gasteiger partial charge < -0.3 is 5.32 Å². The van der Waals surface area contributed by atoms with Crippen molar-refractivity contribution in [2.24, 2.45) is 17.8 Å². The molecule has 1 nitrogen and oxygen atoms in total. The molecule has 1 saturated carbocycles. The highest BCUT2D eigenvalue weighted by Crippen LogP contribution is 2.41. The highest BCUT2D eigenvalue weighted by Gasteiger charge is 2.30. The number of hydrogen-bond donors (Lipinski definition) is 1. The highest BCUT2D eigenvalue weighted by atomic mass is 79.9. The standard InChI is InChI=1S/C14H22BrNS/c1-9-6-10(2)8-11(7-9)14(16-3)12-4-5-13(15)17-12/h4-5,9-11,14,16H,6-8H2,1-3H3. The highest BCUT2D eigenvalue weighted by molar-refractivity contribution is 9.11. The summed E-state index contributed by atoms with van der Waals surface area (Å²) in [5.41, 5.74) is 0. The molecule has 3 heteroatoms. The molecule has 1 aliphatic rings. The van der Waals surface area contributed by atoms with Gasteiger partial charge in [-0.1, -0.05) is 13.8 Å². The van der Waals surface area contributed by atoms with Gasteiger partial charge in [-0.3, -0.25) is 0 Å². The van der Waals surface area contributed by atoms with Gasteiger partial charge in [0.25, 0.3) is 0 Å². The van der Waals surface area contributed by atoms with E-state index in [1.807, 2.05) is 11.3 Å². The van der Waals surface area contributed by atoms with E-state index in [4.69, 9.17) is 0 Å². The number of halogens is 1. The van der Waals surface area contributed by atoms with E-state index >= 15 is 0 Å². The largest absolute Gasteiger partial charge is 0.312 e. The van der Waals surface area contributed by atoms with Crippen LogP contribution >= 0.6 is 27.3 Å². The van der Waals surface area contributed by atoms with E-state index in [9.17, 15) is 0 Å². The van der Waals surface area contributed by atoms with Gasteiger partial charge >= 0.3 is 0 Å². The molecule has 3 unspecified atom stereocenters. The molecular formula is C14H22BrNS. The molecule has 0 bridgehead atoms. The van der Waals surface area contributed by atoms with Crippen molar-refractivity contribution in [1.82, 2.24) is 5.32 Å². The zero-order valence-electron chi connectivity index (χ0n) is 10.9. The Labute approximate surface area is 117 Å². The summed E-state index contributed by atoms with van der Waals surface area (Å²) >= 11 is 5.44. The molecule has 1 N–H and O–H groups in total. The maximum Gasteiger partial charge on any atom is 0.0701 e. The average molecular weight is 316 g/mol. The van der Waals surface area contributed by atoms with Gasteiger partial charge in [-0.25, -0.2) is 0 Å². The lowest BCUT2D eigenvalue weighted by Gasteiger charge is -2.36. The number of hydrogen-bond acceptors (Lipinski definition) is 2. The van der Waals surface area contributed by atoms with E-state index in [-0.39, 0.29) is 0 Å². The van der Waals surface area contributed by atoms with Crippen LogP contribution in [0.15, 0.2) is 15.9 Å². The molecule has 1 aromatic heterocycles. The van der Waals surface area contributed by atoms with E-state index in [0.717, 1.165) is 17.8 Å². The van der Waals surface area contributed by atoms with Crippen LogP contribution in [0.5, 0.6) is 0 Å². The third-order valence-electron chi connectivity index (χ3n) is 3.90. The first-order chi connectivity index (χ1) is 8.10. The molecule has 1 aliphatic carbocycles. The summed E-state index contributed by atoms with van der Waals surface area (Å²) in [6.45, 7) is 4.80. The predicted molar refractivity (Wildman–Crippen MR) is 79.5 cm³/mol. The molecular weight excluding hydrogens is 294 g/mol. The maximum absolute atomic E-state index is 3.57. The smallest absolute Gasteiger partial charge is 0.0701 e. The normalized spacial score (nSPS) is 31.4. The molecule has 17 heavy (non-hydrogen) atoms. The first-order valence-electron chi connectivity index (χ1n) is 6.52. The molecule has 1 fully saturated rings. The van der Waals surface area contributed by atoms with Crippen LogP contribution in [0, 0.1) is 17.8 Å². The lowest BCUT2D eigenvalue weighted by molar-refractivity contribution is 0.182. The van der Waals surface area contributed by atoms with Gasteiger partial charge in [0.05, 0.1) is 3.79 Å². The summed E-state index contributed by atoms with van der Waals surface area (Å²) < 4.78 is 1.24. The summed E-state index contributed by atoms with van der Waals surface area (Å²) in [7, 11) is 2.10. The predicted octanol–water partition coefficient (Wildman–Crippen LogP) is 4.84. The van der Waals surface area contributed by atoms with Gasteiger partial charge in [-0.15, -0.1) is 11.3 Å². The van der Waals surface area contributed by atoms with Gasteiger partial charge in [-0.2, -0.15) is 0 Å². The third-order valence-corrected chi connectivity index (χ3v) is 5.60. The Morgan fingerprint density at radius 1 is 1.24 bits per heavy atom. The zero-order chi connectivity index (χ0) is 12.4. The Morgan fingerprint density at radius 2 is 1.88 bits per heavy atom. The van der Waals surface area contributed by atoms with Crippen molar-refractivity contribution in [3.8, 4) is 0 Å². The number of nitrogens with one attached hydrogen (secondary N) is 1. The average Bonchev–Trinajstić information content (AvgIpc) is 2.64. The quantitative estimate of drug-likeness (QED) is 0.841. The van der Waals surface area contributed by atoms with Crippen LogP contribution in [0.3, 0.4) is 0 Å². The Hall–Kier alpha value is 0.140. The lowest BCUT2D eigenvalue weighted by atomic mass is 9.73. The summed E-state index contributed by atoms with van der Waals surface area (Å²) in [4.78, 5) is 1.48. The van der Waals surface area contributed by atoms with Crippen LogP contribution in [0.1, 0.15) is 44.0 Å². The molecule has 0 amide bonds. The minimum atomic E-state index is 0.538. The molecule has 0 saturated heterocycles. The number of rotatable bonds is 3. The van der Waals surface area contributed by atoms with Crippen LogP contribution in [0.4, 0.5) is 0 Å². The molecule has 0 aromatic carbocycles. The maximum atomic E-state index is 3.57. The van der Waals surface area contributed by atoms with E-state index in [1.165, 1.54) is 27.9 Å². The van der Waals surface area contributed by atoms with Crippen LogP contribution in [0.2, 0.25) is 0 Å². The van der Waals surface area contributed by atoms with Crippen LogP contribution in [-0.4, -0.2) is 7.05 Å². The molecule has 0 aliphatic heterocycles. The molecule has 3 atom stereocenters. The Balaban J connectivity index is 2.12. The molecule has 1 heterocycles.